The van der Waals surface area contributed by atoms with Crippen molar-refractivity contribution in [3.8, 4) is 0 Å². The third-order valence-corrected chi connectivity index (χ3v) is 1.81. The molecule has 0 heterocycles. The number of anilines is 1. The van der Waals surface area contributed by atoms with Crippen molar-refractivity contribution in [1.82, 2.24) is 0 Å². The second-order valence-corrected chi connectivity index (χ2v) is 2.84. The van der Waals surface area contributed by atoms with Crippen molar-refractivity contribution in [2.24, 2.45) is 4.99 Å². The molecule has 1 aromatic carbocycles. The van der Waals surface area contributed by atoms with E-state index in [-0.39, 0.29) is 6.04 Å². The van der Waals surface area contributed by atoms with Crippen LogP contribution < -0.4 is 5.32 Å². The van der Waals surface area contributed by atoms with Crippen molar-refractivity contribution < 1.29 is 0 Å². The van der Waals surface area contributed by atoms with Gasteiger partial charge in [-0.05, 0) is 25.8 Å². The maximum atomic E-state index is 3.91. The van der Waals surface area contributed by atoms with Gasteiger partial charge >= 0.3 is 0 Å². The van der Waals surface area contributed by atoms with E-state index in [9.17, 15) is 0 Å². The number of nitrogens with one attached hydrogen (secondary N) is 1. The van der Waals surface area contributed by atoms with Crippen LogP contribution in [0, 0.1) is 0 Å². The number of nitrogens with zero attached hydrogens (tertiary/aromatic N) is 1. The molecule has 0 fully saturated rings. The number of hydrogen-bond donors (Lipinski definition) is 1. The molecule has 1 atom stereocenters. The summed E-state index contributed by atoms with van der Waals surface area (Å²) in [4.78, 5) is 3.91. The minimum absolute atomic E-state index is 0.239. The van der Waals surface area contributed by atoms with Gasteiger partial charge in [0.05, 0.1) is 11.4 Å². The van der Waals surface area contributed by atoms with Crippen LogP contribution in [0.25, 0.3) is 0 Å². The van der Waals surface area contributed by atoms with E-state index in [0.29, 0.717) is 0 Å². The molecule has 1 unspecified atom stereocenters. The first-order valence-corrected chi connectivity index (χ1v) is 4.22. The molecular weight excluding hydrogens is 160 g/mol. The van der Waals surface area contributed by atoms with Crippen LogP contribution in [0.15, 0.2) is 41.9 Å². The minimum Gasteiger partial charge on any atom is -0.377 e. The largest absolute Gasteiger partial charge is 0.377 e. The van der Waals surface area contributed by atoms with Crippen LogP contribution in [-0.2, 0) is 0 Å². The Morgan fingerprint density at radius 3 is 2.77 bits per heavy atom. The van der Waals surface area contributed by atoms with Gasteiger partial charge in [-0.25, -0.2) is 0 Å². The molecule has 0 aliphatic carbocycles. The van der Waals surface area contributed by atoms with Crippen LogP contribution in [-0.4, -0.2) is 12.8 Å². The van der Waals surface area contributed by atoms with E-state index in [1.807, 2.05) is 37.3 Å². The van der Waals surface area contributed by atoms with Crippen molar-refractivity contribution in [2.45, 2.75) is 13.0 Å². The first-order valence-electron chi connectivity index (χ1n) is 4.22. The predicted molar refractivity (Wildman–Crippen MR) is 58.9 cm³/mol. The maximum absolute atomic E-state index is 3.91. The quantitative estimate of drug-likeness (QED) is 0.550. The maximum Gasteiger partial charge on any atom is 0.0853 e. The average molecular weight is 174 g/mol. The lowest BCUT2D eigenvalue weighted by atomic mass is 10.2. The van der Waals surface area contributed by atoms with Crippen molar-refractivity contribution in [2.75, 3.05) is 5.32 Å². The van der Waals surface area contributed by atoms with E-state index in [0.717, 1.165) is 11.4 Å². The number of para-hydroxylation sites is 2. The van der Waals surface area contributed by atoms with E-state index in [1.165, 1.54) is 0 Å². The fourth-order valence-corrected chi connectivity index (χ4v) is 1.04. The minimum atomic E-state index is 0.239. The van der Waals surface area contributed by atoms with Crippen LogP contribution in [0.4, 0.5) is 11.4 Å². The number of benzene rings is 1. The number of aliphatic imine (C=N–C) groups is 1. The molecule has 0 saturated heterocycles. The van der Waals surface area contributed by atoms with E-state index < -0.39 is 0 Å². The summed E-state index contributed by atoms with van der Waals surface area (Å²) in [6, 6.07) is 8.04. The van der Waals surface area contributed by atoms with Crippen molar-refractivity contribution in [3.05, 3.63) is 36.9 Å². The summed E-state index contributed by atoms with van der Waals surface area (Å²) in [7, 11) is 0. The van der Waals surface area contributed by atoms with Gasteiger partial charge in [0.1, 0.15) is 0 Å². The van der Waals surface area contributed by atoms with Crippen molar-refractivity contribution in [3.63, 3.8) is 0 Å². The molecule has 0 spiro atoms. The van der Waals surface area contributed by atoms with Gasteiger partial charge in [0, 0.05) is 6.04 Å². The lowest BCUT2D eigenvalue weighted by Crippen LogP contribution is -2.10. The van der Waals surface area contributed by atoms with Gasteiger partial charge in [-0.15, -0.1) is 6.58 Å². The number of rotatable bonds is 4. The summed E-state index contributed by atoms with van der Waals surface area (Å²) < 4.78 is 0. The molecule has 0 aliphatic rings. The molecule has 68 valence electrons. The van der Waals surface area contributed by atoms with Gasteiger partial charge < -0.3 is 5.32 Å². The van der Waals surface area contributed by atoms with Gasteiger partial charge in [0.15, 0.2) is 0 Å². The van der Waals surface area contributed by atoms with Gasteiger partial charge in [-0.3, -0.25) is 4.99 Å². The van der Waals surface area contributed by atoms with E-state index in [2.05, 4.69) is 23.6 Å². The number of hydrogen-bond acceptors (Lipinski definition) is 2. The Morgan fingerprint density at radius 1 is 1.46 bits per heavy atom. The van der Waals surface area contributed by atoms with Crippen molar-refractivity contribution >= 4 is 18.1 Å². The monoisotopic (exact) mass is 174 g/mol. The Kier molecular flexibility index (Phi) is 3.26. The van der Waals surface area contributed by atoms with Crippen molar-refractivity contribution in [1.29, 1.82) is 0 Å². The molecule has 0 bridgehead atoms. The Hall–Kier alpha value is -1.57. The lowest BCUT2D eigenvalue weighted by molar-refractivity contribution is 1.00. The SMILES string of the molecule is C=CC(C)Nc1ccccc1N=C. The van der Waals surface area contributed by atoms with Crippen LogP contribution >= 0.6 is 0 Å². The topological polar surface area (TPSA) is 24.4 Å². The molecule has 2 nitrogen and oxygen atoms in total. The summed E-state index contributed by atoms with van der Waals surface area (Å²) in [5, 5.41) is 3.26. The zero-order valence-electron chi connectivity index (χ0n) is 7.83. The fraction of sp³-hybridized carbons (Fsp3) is 0.182. The van der Waals surface area contributed by atoms with Crippen LogP contribution in [0.1, 0.15) is 6.92 Å². The molecule has 0 aliphatic heterocycles. The highest BCUT2D eigenvalue weighted by molar-refractivity contribution is 5.67. The molecule has 2 heteroatoms. The smallest absolute Gasteiger partial charge is 0.0853 e. The second-order valence-electron chi connectivity index (χ2n) is 2.84. The first kappa shape index (κ1) is 9.52. The molecule has 1 rings (SSSR count). The zero-order valence-corrected chi connectivity index (χ0v) is 7.83. The third kappa shape index (κ3) is 2.44. The Morgan fingerprint density at radius 2 is 2.15 bits per heavy atom. The molecule has 0 amide bonds. The van der Waals surface area contributed by atoms with E-state index >= 15 is 0 Å². The molecule has 13 heavy (non-hydrogen) atoms. The summed E-state index contributed by atoms with van der Waals surface area (Å²) in [5.41, 5.74) is 1.86. The summed E-state index contributed by atoms with van der Waals surface area (Å²) in [6.07, 6.45) is 1.85. The second kappa shape index (κ2) is 4.45. The van der Waals surface area contributed by atoms with Crippen LogP contribution in [0.2, 0.25) is 0 Å². The predicted octanol–water partition coefficient (Wildman–Crippen LogP) is 3.01. The first-order chi connectivity index (χ1) is 6.27. The Balaban J connectivity index is 2.86. The fourth-order valence-electron chi connectivity index (χ4n) is 1.04. The normalized spacial score (nSPS) is 11.8. The van der Waals surface area contributed by atoms with E-state index in [4.69, 9.17) is 0 Å². The Bertz CT molecular complexity index is 305. The summed E-state index contributed by atoms with van der Waals surface area (Å²) in [6.45, 7) is 9.25. The molecule has 1 aromatic rings. The van der Waals surface area contributed by atoms with Gasteiger partial charge in [0.25, 0.3) is 0 Å². The highest BCUT2D eigenvalue weighted by atomic mass is 14.9. The standard InChI is InChI=1S/C11H14N2/c1-4-9(2)13-11-8-6-5-7-10(11)12-3/h4-9,13H,1,3H2,2H3. The highest BCUT2D eigenvalue weighted by Gasteiger charge is 2.00. The zero-order chi connectivity index (χ0) is 9.68. The molecule has 1 N–H and O–H groups in total. The molecule has 0 aromatic heterocycles. The van der Waals surface area contributed by atoms with Gasteiger partial charge in [0.2, 0.25) is 0 Å². The van der Waals surface area contributed by atoms with Gasteiger partial charge in [-0.2, -0.15) is 0 Å². The summed E-state index contributed by atoms with van der Waals surface area (Å²) in [5.74, 6) is 0. The molecular formula is C11H14N2. The molecule has 0 radical (unpaired) electrons. The van der Waals surface area contributed by atoms with Crippen LogP contribution in [0.5, 0.6) is 0 Å². The third-order valence-electron chi connectivity index (χ3n) is 1.81. The summed E-state index contributed by atoms with van der Waals surface area (Å²) >= 11 is 0. The average Bonchev–Trinajstić information content (AvgIpc) is 2.18. The van der Waals surface area contributed by atoms with Gasteiger partial charge in [-0.1, -0.05) is 18.2 Å². The molecule has 0 saturated carbocycles. The lowest BCUT2D eigenvalue weighted by Gasteiger charge is -2.12. The highest BCUT2D eigenvalue weighted by Crippen LogP contribution is 2.23. The van der Waals surface area contributed by atoms with Crippen LogP contribution in [0.3, 0.4) is 0 Å². The Labute approximate surface area is 79.0 Å². The van der Waals surface area contributed by atoms with E-state index in [1.54, 1.807) is 0 Å².